The molecule has 0 aliphatic carbocycles. The van der Waals surface area contributed by atoms with Crippen LogP contribution in [-0.4, -0.2) is 37.2 Å². The lowest BCUT2D eigenvalue weighted by Crippen LogP contribution is -2.30. The summed E-state index contributed by atoms with van der Waals surface area (Å²) in [5.41, 5.74) is 0. The van der Waals surface area contributed by atoms with Crippen LogP contribution in [-0.2, 0) is 28.6 Å². The lowest BCUT2D eigenvalue weighted by atomic mass is 10.0. The molecular weight excluding hydrogens is 877 g/mol. The molecule has 0 spiro atoms. The summed E-state index contributed by atoms with van der Waals surface area (Å²) in [6, 6.07) is 0. The molecule has 0 amide bonds. The third kappa shape index (κ3) is 59.2. The number of esters is 3. The van der Waals surface area contributed by atoms with Gasteiger partial charge in [0.05, 0.1) is 0 Å². The molecule has 0 heterocycles. The van der Waals surface area contributed by atoms with Gasteiger partial charge < -0.3 is 14.2 Å². The van der Waals surface area contributed by atoms with Gasteiger partial charge in [-0.05, 0) is 19.3 Å². The molecule has 6 heteroatoms. The highest BCUT2D eigenvalue weighted by molar-refractivity contribution is 5.71. The van der Waals surface area contributed by atoms with Crippen molar-refractivity contribution in [2.75, 3.05) is 13.2 Å². The Hall–Kier alpha value is -1.59. The minimum Gasteiger partial charge on any atom is -0.462 e. The Morgan fingerprint density at radius 2 is 0.380 bits per heavy atom. The SMILES string of the molecule is CCCCCCCCCCCCCCCCCCCCCCCCCCCCC(=O)OCC(COC(=O)CCCCCCCC)OC(=O)CCCCCCCCCCCCCCCCCCCCCCC. The van der Waals surface area contributed by atoms with Gasteiger partial charge in [-0.15, -0.1) is 0 Å². The van der Waals surface area contributed by atoms with Gasteiger partial charge in [0.2, 0.25) is 0 Å². The van der Waals surface area contributed by atoms with Crippen molar-refractivity contribution in [3.63, 3.8) is 0 Å². The van der Waals surface area contributed by atoms with E-state index in [0.29, 0.717) is 19.3 Å². The summed E-state index contributed by atoms with van der Waals surface area (Å²) in [5, 5.41) is 0. The fourth-order valence-electron chi connectivity index (χ4n) is 10.2. The molecule has 0 bridgehead atoms. The largest absolute Gasteiger partial charge is 0.462 e. The van der Waals surface area contributed by atoms with Crippen LogP contribution in [0.5, 0.6) is 0 Å². The van der Waals surface area contributed by atoms with Crippen molar-refractivity contribution in [1.82, 2.24) is 0 Å². The van der Waals surface area contributed by atoms with E-state index in [0.717, 1.165) is 57.8 Å². The van der Waals surface area contributed by atoms with Gasteiger partial charge in [-0.1, -0.05) is 342 Å². The Kier molecular flexibility index (Phi) is 59.6. The first-order valence-electron chi connectivity index (χ1n) is 32.5. The monoisotopic (exact) mass is 1000 g/mol. The van der Waals surface area contributed by atoms with E-state index in [1.165, 1.54) is 283 Å². The van der Waals surface area contributed by atoms with E-state index in [4.69, 9.17) is 14.2 Å². The van der Waals surface area contributed by atoms with Gasteiger partial charge >= 0.3 is 17.9 Å². The molecule has 0 N–H and O–H groups in total. The first-order valence-corrected chi connectivity index (χ1v) is 32.5. The van der Waals surface area contributed by atoms with Crippen molar-refractivity contribution in [3.05, 3.63) is 0 Å². The molecule has 6 nitrogen and oxygen atoms in total. The quantitative estimate of drug-likeness (QED) is 0.0343. The van der Waals surface area contributed by atoms with Crippen LogP contribution in [0, 0.1) is 0 Å². The second-order valence-corrected chi connectivity index (χ2v) is 22.4. The van der Waals surface area contributed by atoms with Gasteiger partial charge in [0.15, 0.2) is 6.10 Å². The molecule has 422 valence electrons. The van der Waals surface area contributed by atoms with E-state index in [2.05, 4.69) is 20.8 Å². The molecule has 1 unspecified atom stereocenters. The Morgan fingerprint density at radius 1 is 0.225 bits per heavy atom. The molecule has 1 atom stereocenters. The van der Waals surface area contributed by atoms with Gasteiger partial charge in [0, 0.05) is 19.3 Å². The highest BCUT2D eigenvalue weighted by atomic mass is 16.6. The smallest absolute Gasteiger partial charge is 0.306 e. The van der Waals surface area contributed by atoms with Crippen molar-refractivity contribution in [2.24, 2.45) is 0 Å². The van der Waals surface area contributed by atoms with E-state index in [1.54, 1.807) is 0 Å². The fourth-order valence-corrected chi connectivity index (χ4v) is 10.2. The highest BCUT2D eigenvalue weighted by Gasteiger charge is 2.19. The maximum atomic E-state index is 12.8. The summed E-state index contributed by atoms with van der Waals surface area (Å²) in [6.07, 6.45) is 70.2. The number of carbonyl (C=O) groups is 3. The maximum Gasteiger partial charge on any atom is 0.306 e. The summed E-state index contributed by atoms with van der Waals surface area (Å²) < 4.78 is 16.8. The van der Waals surface area contributed by atoms with Crippen molar-refractivity contribution in [2.45, 2.75) is 386 Å². The zero-order valence-electron chi connectivity index (χ0n) is 48.5. The van der Waals surface area contributed by atoms with Crippen LogP contribution in [0.25, 0.3) is 0 Å². The minimum atomic E-state index is -0.760. The van der Waals surface area contributed by atoms with Crippen LogP contribution in [0.3, 0.4) is 0 Å². The van der Waals surface area contributed by atoms with Crippen LogP contribution in [0.15, 0.2) is 0 Å². The van der Waals surface area contributed by atoms with Gasteiger partial charge in [0.25, 0.3) is 0 Å². The summed E-state index contributed by atoms with van der Waals surface area (Å²) in [7, 11) is 0. The lowest BCUT2D eigenvalue weighted by Gasteiger charge is -2.18. The van der Waals surface area contributed by atoms with E-state index in [-0.39, 0.29) is 31.1 Å². The normalized spacial score (nSPS) is 11.9. The van der Waals surface area contributed by atoms with Crippen molar-refractivity contribution >= 4 is 17.9 Å². The third-order valence-electron chi connectivity index (χ3n) is 15.1. The zero-order valence-corrected chi connectivity index (χ0v) is 48.5. The standard InChI is InChI=1S/C65H126O6/c1-4-7-10-13-16-18-20-22-24-26-28-30-31-32-33-34-36-37-39-41-43-45-47-49-52-55-58-64(67)70-61-62(60-69-63(66)57-54-51-15-12-9-6-3)71-65(68)59-56-53-50-48-46-44-42-40-38-35-29-27-25-23-21-19-17-14-11-8-5-2/h62H,4-61H2,1-3H3. The van der Waals surface area contributed by atoms with Crippen molar-refractivity contribution < 1.29 is 28.6 Å². The number of ether oxygens (including phenoxy) is 3. The second-order valence-electron chi connectivity index (χ2n) is 22.4. The molecule has 0 aliphatic heterocycles. The Labute approximate surface area is 444 Å². The first kappa shape index (κ1) is 69.4. The Bertz CT molecular complexity index is 1060. The van der Waals surface area contributed by atoms with E-state index in [9.17, 15) is 14.4 Å². The number of hydrogen-bond acceptors (Lipinski definition) is 6. The van der Waals surface area contributed by atoms with E-state index < -0.39 is 6.10 Å². The van der Waals surface area contributed by atoms with Crippen LogP contribution in [0.1, 0.15) is 380 Å². The molecule has 0 aromatic heterocycles. The molecule has 0 rings (SSSR count). The van der Waals surface area contributed by atoms with Gasteiger partial charge in [-0.2, -0.15) is 0 Å². The fraction of sp³-hybridized carbons (Fsp3) is 0.954. The maximum absolute atomic E-state index is 12.8. The molecule has 0 aliphatic rings. The summed E-state index contributed by atoms with van der Waals surface area (Å²) in [5.74, 6) is -0.841. The molecule has 0 radical (unpaired) electrons. The topological polar surface area (TPSA) is 78.9 Å². The highest BCUT2D eigenvalue weighted by Crippen LogP contribution is 2.19. The average Bonchev–Trinajstić information content (AvgIpc) is 3.37. The van der Waals surface area contributed by atoms with Gasteiger partial charge in [-0.3, -0.25) is 14.4 Å². The Balaban J connectivity index is 3.98. The number of unbranched alkanes of at least 4 members (excludes halogenated alkanes) is 50. The summed E-state index contributed by atoms with van der Waals surface area (Å²) in [4.78, 5) is 38.0. The molecule has 0 aromatic rings. The second kappa shape index (κ2) is 61.0. The molecular formula is C65H126O6. The molecule has 0 saturated heterocycles. The average molecular weight is 1000 g/mol. The van der Waals surface area contributed by atoms with Crippen molar-refractivity contribution in [3.8, 4) is 0 Å². The number of carbonyl (C=O) groups excluding carboxylic acids is 3. The minimum absolute atomic E-state index is 0.0618. The van der Waals surface area contributed by atoms with Crippen LogP contribution < -0.4 is 0 Å². The summed E-state index contributed by atoms with van der Waals surface area (Å²) in [6.45, 7) is 6.66. The van der Waals surface area contributed by atoms with Gasteiger partial charge in [-0.25, -0.2) is 0 Å². The van der Waals surface area contributed by atoms with Crippen LogP contribution in [0.4, 0.5) is 0 Å². The zero-order chi connectivity index (χ0) is 51.4. The lowest BCUT2D eigenvalue weighted by molar-refractivity contribution is -0.167. The first-order chi connectivity index (χ1) is 35.0. The molecule has 0 saturated carbocycles. The third-order valence-corrected chi connectivity index (χ3v) is 15.1. The molecule has 0 fully saturated rings. The van der Waals surface area contributed by atoms with Crippen molar-refractivity contribution in [1.29, 1.82) is 0 Å². The van der Waals surface area contributed by atoms with Crippen LogP contribution in [0.2, 0.25) is 0 Å². The van der Waals surface area contributed by atoms with Crippen LogP contribution >= 0.6 is 0 Å². The van der Waals surface area contributed by atoms with E-state index in [1.807, 2.05) is 0 Å². The Morgan fingerprint density at radius 3 is 0.563 bits per heavy atom. The molecule has 71 heavy (non-hydrogen) atoms. The number of hydrogen-bond donors (Lipinski definition) is 0. The van der Waals surface area contributed by atoms with Gasteiger partial charge in [0.1, 0.15) is 13.2 Å². The predicted molar refractivity (Wildman–Crippen MR) is 307 cm³/mol. The summed E-state index contributed by atoms with van der Waals surface area (Å²) >= 11 is 0. The molecule has 0 aromatic carbocycles. The predicted octanol–water partition coefficient (Wildman–Crippen LogP) is 21.9. The van der Waals surface area contributed by atoms with E-state index >= 15 is 0 Å². The number of rotatable bonds is 61.